The summed E-state index contributed by atoms with van der Waals surface area (Å²) in [7, 11) is 0. The Morgan fingerprint density at radius 3 is 1.93 bits per heavy atom. The molecule has 0 atom stereocenters. The van der Waals surface area contributed by atoms with E-state index in [0.717, 1.165) is 19.4 Å². The molecule has 92 valence electrons. The molecule has 0 bridgehead atoms. The third-order valence-electron chi connectivity index (χ3n) is 2.66. The second kappa shape index (κ2) is 6.46. The van der Waals surface area contributed by atoms with E-state index in [9.17, 15) is 0 Å². The monoisotopic (exact) mass is 217 g/mol. The van der Waals surface area contributed by atoms with Gasteiger partial charge in [0.25, 0.3) is 0 Å². The average molecular weight is 217 g/mol. The normalized spacial score (nSPS) is 13.2. The standard InChI is InChI=1S/C12H27NO2/c1-6-11(2,3)14-9-7-12(4,5)15-10-8-13/h6-10,13H2,1-5H3. The fraction of sp³-hybridized carbons (Fsp3) is 1.00. The van der Waals surface area contributed by atoms with Gasteiger partial charge in [-0.3, -0.25) is 0 Å². The van der Waals surface area contributed by atoms with E-state index in [-0.39, 0.29) is 11.2 Å². The highest BCUT2D eigenvalue weighted by atomic mass is 16.5. The maximum Gasteiger partial charge on any atom is 0.0649 e. The summed E-state index contributed by atoms with van der Waals surface area (Å²) in [5.74, 6) is 0. The molecule has 3 heteroatoms. The van der Waals surface area contributed by atoms with Gasteiger partial charge >= 0.3 is 0 Å². The van der Waals surface area contributed by atoms with Crippen LogP contribution in [0.3, 0.4) is 0 Å². The van der Waals surface area contributed by atoms with Gasteiger partial charge in [0.05, 0.1) is 24.4 Å². The molecular weight excluding hydrogens is 190 g/mol. The van der Waals surface area contributed by atoms with Crippen molar-refractivity contribution in [3.8, 4) is 0 Å². The van der Waals surface area contributed by atoms with Crippen LogP contribution in [-0.2, 0) is 9.47 Å². The Morgan fingerprint density at radius 2 is 1.47 bits per heavy atom. The maximum atomic E-state index is 5.78. The Hall–Kier alpha value is -0.120. The maximum absolute atomic E-state index is 5.78. The highest BCUT2D eigenvalue weighted by Crippen LogP contribution is 2.18. The van der Waals surface area contributed by atoms with Gasteiger partial charge in [-0.1, -0.05) is 6.92 Å². The molecule has 0 amide bonds. The molecule has 0 heterocycles. The summed E-state index contributed by atoms with van der Waals surface area (Å²) in [4.78, 5) is 0. The van der Waals surface area contributed by atoms with Crippen LogP contribution in [0.25, 0.3) is 0 Å². The van der Waals surface area contributed by atoms with E-state index in [0.29, 0.717) is 13.2 Å². The van der Waals surface area contributed by atoms with Gasteiger partial charge in [-0.15, -0.1) is 0 Å². The van der Waals surface area contributed by atoms with Crippen molar-refractivity contribution in [3.05, 3.63) is 0 Å². The zero-order valence-electron chi connectivity index (χ0n) is 10.9. The lowest BCUT2D eigenvalue weighted by atomic mass is 10.0. The van der Waals surface area contributed by atoms with Crippen molar-refractivity contribution >= 4 is 0 Å². The number of ether oxygens (including phenoxy) is 2. The van der Waals surface area contributed by atoms with Crippen LogP contribution >= 0.6 is 0 Å². The third-order valence-corrected chi connectivity index (χ3v) is 2.66. The second-order valence-corrected chi connectivity index (χ2v) is 5.11. The number of rotatable bonds is 8. The molecule has 0 aliphatic rings. The van der Waals surface area contributed by atoms with Gasteiger partial charge in [0.2, 0.25) is 0 Å². The number of nitrogens with two attached hydrogens (primary N) is 1. The Balaban J connectivity index is 3.74. The summed E-state index contributed by atoms with van der Waals surface area (Å²) in [5, 5.41) is 0. The largest absolute Gasteiger partial charge is 0.375 e. The summed E-state index contributed by atoms with van der Waals surface area (Å²) >= 11 is 0. The predicted octanol–water partition coefficient (Wildman–Crippen LogP) is 2.34. The molecule has 0 radical (unpaired) electrons. The molecule has 15 heavy (non-hydrogen) atoms. The molecule has 0 aromatic heterocycles. The van der Waals surface area contributed by atoms with Crippen LogP contribution in [0, 0.1) is 0 Å². The van der Waals surface area contributed by atoms with E-state index in [4.69, 9.17) is 15.2 Å². The van der Waals surface area contributed by atoms with Crippen molar-refractivity contribution in [3.63, 3.8) is 0 Å². The number of hydrogen-bond acceptors (Lipinski definition) is 3. The van der Waals surface area contributed by atoms with Crippen LogP contribution in [0.2, 0.25) is 0 Å². The Morgan fingerprint density at radius 1 is 0.933 bits per heavy atom. The van der Waals surface area contributed by atoms with E-state index in [2.05, 4.69) is 34.6 Å². The molecule has 0 spiro atoms. The van der Waals surface area contributed by atoms with E-state index in [1.165, 1.54) is 0 Å². The van der Waals surface area contributed by atoms with Gasteiger partial charge in [0.15, 0.2) is 0 Å². The van der Waals surface area contributed by atoms with Gasteiger partial charge in [0.1, 0.15) is 0 Å². The van der Waals surface area contributed by atoms with Crippen molar-refractivity contribution < 1.29 is 9.47 Å². The van der Waals surface area contributed by atoms with Crippen molar-refractivity contribution in [1.82, 2.24) is 0 Å². The summed E-state index contributed by atoms with van der Waals surface area (Å²) in [5.41, 5.74) is 5.24. The van der Waals surface area contributed by atoms with Gasteiger partial charge in [-0.25, -0.2) is 0 Å². The Labute approximate surface area is 94.3 Å². The Kier molecular flexibility index (Phi) is 6.41. The first kappa shape index (κ1) is 14.9. The minimum absolute atomic E-state index is 0.0239. The summed E-state index contributed by atoms with van der Waals surface area (Å²) < 4.78 is 11.4. The molecule has 0 fully saturated rings. The molecule has 3 nitrogen and oxygen atoms in total. The second-order valence-electron chi connectivity index (χ2n) is 5.11. The van der Waals surface area contributed by atoms with Gasteiger partial charge in [-0.2, -0.15) is 0 Å². The van der Waals surface area contributed by atoms with Crippen LogP contribution in [0.15, 0.2) is 0 Å². The average Bonchev–Trinajstić information content (AvgIpc) is 2.14. The van der Waals surface area contributed by atoms with Crippen LogP contribution < -0.4 is 5.73 Å². The smallest absolute Gasteiger partial charge is 0.0649 e. The Bertz CT molecular complexity index is 167. The van der Waals surface area contributed by atoms with Gasteiger partial charge in [-0.05, 0) is 40.5 Å². The molecular formula is C12H27NO2. The van der Waals surface area contributed by atoms with E-state index >= 15 is 0 Å². The predicted molar refractivity (Wildman–Crippen MR) is 64.0 cm³/mol. The van der Waals surface area contributed by atoms with Gasteiger partial charge < -0.3 is 15.2 Å². The van der Waals surface area contributed by atoms with Gasteiger partial charge in [0, 0.05) is 6.54 Å². The minimum Gasteiger partial charge on any atom is -0.375 e. The molecule has 0 unspecified atom stereocenters. The third kappa shape index (κ3) is 7.77. The number of hydrogen-bond donors (Lipinski definition) is 1. The van der Waals surface area contributed by atoms with Crippen molar-refractivity contribution in [1.29, 1.82) is 0 Å². The highest BCUT2D eigenvalue weighted by Gasteiger charge is 2.21. The first-order chi connectivity index (χ1) is 6.83. The molecule has 0 aliphatic carbocycles. The van der Waals surface area contributed by atoms with Crippen LogP contribution in [-0.4, -0.2) is 31.0 Å². The zero-order chi connectivity index (χ0) is 11.9. The van der Waals surface area contributed by atoms with Crippen molar-refractivity contribution in [2.24, 2.45) is 5.73 Å². The quantitative estimate of drug-likeness (QED) is 0.678. The molecule has 0 saturated heterocycles. The highest BCUT2D eigenvalue weighted by molar-refractivity contribution is 4.71. The van der Waals surface area contributed by atoms with E-state index in [1.807, 2.05) is 0 Å². The SMILES string of the molecule is CCC(C)(C)OCCC(C)(C)OCCN. The minimum atomic E-state index is -0.136. The molecule has 2 N–H and O–H groups in total. The van der Waals surface area contributed by atoms with Crippen LogP contribution in [0.1, 0.15) is 47.5 Å². The molecule has 0 aliphatic heterocycles. The lowest BCUT2D eigenvalue weighted by Gasteiger charge is -2.29. The summed E-state index contributed by atoms with van der Waals surface area (Å²) in [6.45, 7) is 12.4. The van der Waals surface area contributed by atoms with E-state index < -0.39 is 0 Å². The van der Waals surface area contributed by atoms with Crippen molar-refractivity contribution in [2.75, 3.05) is 19.8 Å². The van der Waals surface area contributed by atoms with Crippen molar-refractivity contribution in [2.45, 2.75) is 58.7 Å². The first-order valence-corrected chi connectivity index (χ1v) is 5.81. The lowest BCUT2D eigenvalue weighted by molar-refractivity contribution is -0.0711. The van der Waals surface area contributed by atoms with E-state index in [1.54, 1.807) is 0 Å². The fourth-order valence-corrected chi connectivity index (χ4v) is 1.08. The lowest BCUT2D eigenvalue weighted by Crippen LogP contribution is -2.31. The summed E-state index contributed by atoms with van der Waals surface area (Å²) in [6, 6.07) is 0. The summed E-state index contributed by atoms with van der Waals surface area (Å²) in [6.07, 6.45) is 1.92. The molecule has 0 saturated carbocycles. The van der Waals surface area contributed by atoms with Crippen LogP contribution in [0.5, 0.6) is 0 Å². The molecule has 0 rings (SSSR count). The molecule has 0 aromatic carbocycles. The topological polar surface area (TPSA) is 44.5 Å². The first-order valence-electron chi connectivity index (χ1n) is 5.81. The van der Waals surface area contributed by atoms with Crippen LogP contribution in [0.4, 0.5) is 0 Å². The fourth-order valence-electron chi connectivity index (χ4n) is 1.08. The zero-order valence-corrected chi connectivity index (χ0v) is 10.9. The molecule has 0 aromatic rings.